The molecule has 8 heteroatoms. The highest BCUT2D eigenvalue weighted by Gasteiger charge is 2.14. The highest BCUT2D eigenvalue weighted by Crippen LogP contribution is 2.26. The molecule has 0 aliphatic carbocycles. The van der Waals surface area contributed by atoms with Crippen LogP contribution in [0.5, 0.6) is 0 Å². The molecular weight excluding hydrogens is 419 g/mol. The maximum atomic E-state index is 12.1. The topological polar surface area (TPSA) is 60.7 Å². The van der Waals surface area contributed by atoms with Gasteiger partial charge >= 0.3 is 5.97 Å². The Kier molecular flexibility index (Phi) is 4.89. The van der Waals surface area contributed by atoms with Gasteiger partial charge in [0.15, 0.2) is 0 Å². The molecule has 0 bridgehead atoms. The van der Waals surface area contributed by atoms with Gasteiger partial charge in [0.25, 0.3) is 5.56 Å². The van der Waals surface area contributed by atoms with Gasteiger partial charge in [-0.1, -0.05) is 29.3 Å². The summed E-state index contributed by atoms with van der Waals surface area (Å²) in [6.45, 7) is -0.149. The number of pyridine rings is 1. The fraction of sp³-hybridized carbons (Fsp3) is 0.0625. The number of esters is 1. The number of ether oxygens (including phenoxy) is 1. The molecule has 0 saturated heterocycles. The summed E-state index contributed by atoms with van der Waals surface area (Å²) in [5, 5.41) is 0.388. The van der Waals surface area contributed by atoms with E-state index >= 15 is 0 Å². The Labute approximate surface area is 154 Å². The number of halogens is 3. The Balaban J connectivity index is 1.83. The highest BCUT2D eigenvalue weighted by molar-refractivity contribution is 9.10. The summed E-state index contributed by atoms with van der Waals surface area (Å²) in [4.78, 5) is 28.5. The molecule has 0 spiro atoms. The quantitative estimate of drug-likeness (QED) is 0.590. The average molecular weight is 428 g/mol. The molecule has 24 heavy (non-hydrogen) atoms. The average Bonchev–Trinajstić information content (AvgIpc) is 2.56. The number of rotatable bonds is 3. The summed E-state index contributed by atoms with van der Waals surface area (Å²) in [6, 6.07) is 9.45. The molecule has 0 saturated carbocycles. The van der Waals surface area contributed by atoms with Gasteiger partial charge in [-0.3, -0.25) is 9.20 Å². The zero-order valence-corrected chi connectivity index (χ0v) is 15.1. The summed E-state index contributed by atoms with van der Waals surface area (Å²) >= 11 is 15.1. The van der Waals surface area contributed by atoms with Crippen molar-refractivity contribution in [2.75, 3.05) is 0 Å². The van der Waals surface area contributed by atoms with Crippen LogP contribution in [0, 0.1) is 0 Å². The van der Waals surface area contributed by atoms with E-state index in [1.54, 1.807) is 30.5 Å². The van der Waals surface area contributed by atoms with E-state index in [0.29, 0.717) is 11.3 Å². The Hall–Kier alpha value is -1.89. The molecule has 0 radical (unpaired) electrons. The molecule has 0 amide bonds. The van der Waals surface area contributed by atoms with Crippen LogP contribution in [0.4, 0.5) is 0 Å². The second-order valence-electron chi connectivity index (χ2n) is 4.84. The molecule has 0 atom stereocenters. The first-order chi connectivity index (χ1) is 11.5. The Morgan fingerprint density at radius 3 is 2.83 bits per heavy atom. The first-order valence-electron chi connectivity index (χ1n) is 6.74. The van der Waals surface area contributed by atoms with Crippen LogP contribution in [0.1, 0.15) is 16.1 Å². The SMILES string of the molecule is O=C(OCc1cc(=O)n2cc(Br)ccc2n1)c1cccc(Cl)c1Cl. The zero-order chi connectivity index (χ0) is 17.3. The van der Waals surface area contributed by atoms with E-state index in [0.717, 1.165) is 4.47 Å². The lowest BCUT2D eigenvalue weighted by Gasteiger charge is -2.08. The van der Waals surface area contributed by atoms with Gasteiger partial charge in [0.05, 0.1) is 21.3 Å². The monoisotopic (exact) mass is 426 g/mol. The van der Waals surface area contributed by atoms with Gasteiger partial charge in [-0.15, -0.1) is 0 Å². The number of carbonyl (C=O) groups is 1. The van der Waals surface area contributed by atoms with E-state index < -0.39 is 5.97 Å². The van der Waals surface area contributed by atoms with E-state index in [1.807, 2.05) is 0 Å². The first kappa shape index (κ1) is 17.0. The maximum Gasteiger partial charge on any atom is 0.340 e. The van der Waals surface area contributed by atoms with E-state index in [2.05, 4.69) is 20.9 Å². The standard InChI is InChI=1S/C16H9BrCl2N2O3/c17-9-4-5-13-20-10(6-14(22)21(13)7-9)8-24-16(23)11-2-1-3-12(18)15(11)19/h1-7H,8H2. The fourth-order valence-electron chi connectivity index (χ4n) is 2.08. The van der Waals surface area contributed by atoms with Crippen molar-refractivity contribution in [1.29, 1.82) is 0 Å². The smallest absolute Gasteiger partial charge is 0.340 e. The van der Waals surface area contributed by atoms with Gasteiger partial charge in [-0.05, 0) is 40.2 Å². The predicted octanol–water partition coefficient (Wildman–Crippen LogP) is 4.12. The van der Waals surface area contributed by atoms with Crippen molar-refractivity contribution in [3.8, 4) is 0 Å². The number of hydrogen-bond donors (Lipinski definition) is 0. The molecule has 2 heterocycles. The molecular formula is C16H9BrCl2N2O3. The third-order valence-corrected chi connectivity index (χ3v) is 4.49. The van der Waals surface area contributed by atoms with Crippen molar-refractivity contribution >= 4 is 50.7 Å². The van der Waals surface area contributed by atoms with E-state index in [9.17, 15) is 9.59 Å². The summed E-state index contributed by atoms with van der Waals surface area (Å²) in [5.74, 6) is -0.639. The van der Waals surface area contributed by atoms with Crippen LogP contribution in [0.2, 0.25) is 10.0 Å². The second-order valence-corrected chi connectivity index (χ2v) is 6.54. The van der Waals surface area contributed by atoms with Crippen LogP contribution in [0.15, 0.2) is 51.9 Å². The predicted molar refractivity (Wildman–Crippen MR) is 94.7 cm³/mol. The summed E-state index contributed by atoms with van der Waals surface area (Å²) in [7, 11) is 0. The van der Waals surface area contributed by atoms with Crippen LogP contribution < -0.4 is 5.56 Å². The number of carbonyl (C=O) groups excluding carboxylic acids is 1. The molecule has 3 aromatic rings. The fourth-order valence-corrected chi connectivity index (χ4v) is 2.79. The lowest BCUT2D eigenvalue weighted by molar-refractivity contribution is 0.0468. The number of benzene rings is 1. The number of hydrogen-bond acceptors (Lipinski definition) is 4. The normalized spacial score (nSPS) is 10.8. The van der Waals surface area contributed by atoms with Crippen LogP contribution in [0.3, 0.4) is 0 Å². The minimum atomic E-state index is -0.639. The Bertz CT molecular complexity index is 1000. The third kappa shape index (κ3) is 3.45. The molecule has 5 nitrogen and oxygen atoms in total. The molecule has 0 N–H and O–H groups in total. The van der Waals surface area contributed by atoms with Gasteiger partial charge in [0.2, 0.25) is 0 Å². The molecule has 1 aromatic carbocycles. The van der Waals surface area contributed by atoms with E-state index in [-0.39, 0.29) is 27.8 Å². The third-order valence-electron chi connectivity index (χ3n) is 3.20. The first-order valence-corrected chi connectivity index (χ1v) is 8.29. The van der Waals surface area contributed by atoms with Crippen molar-refractivity contribution in [3.05, 3.63) is 78.7 Å². The molecule has 122 valence electrons. The summed E-state index contributed by atoms with van der Waals surface area (Å²) < 4.78 is 7.33. The maximum absolute atomic E-state index is 12.1. The molecule has 3 rings (SSSR count). The van der Waals surface area contributed by atoms with E-state index in [4.69, 9.17) is 27.9 Å². The van der Waals surface area contributed by atoms with Crippen molar-refractivity contribution < 1.29 is 9.53 Å². The minimum absolute atomic E-state index is 0.126. The highest BCUT2D eigenvalue weighted by atomic mass is 79.9. The van der Waals surface area contributed by atoms with Crippen molar-refractivity contribution in [3.63, 3.8) is 0 Å². The number of nitrogens with zero attached hydrogens (tertiary/aromatic N) is 2. The lowest BCUT2D eigenvalue weighted by Crippen LogP contribution is -2.16. The number of aromatic nitrogens is 2. The molecule has 2 aromatic heterocycles. The molecule has 0 unspecified atom stereocenters. The van der Waals surface area contributed by atoms with Crippen LogP contribution >= 0.6 is 39.1 Å². The molecule has 0 aliphatic heterocycles. The number of fused-ring (bicyclic) bond motifs is 1. The van der Waals surface area contributed by atoms with Gasteiger partial charge in [0, 0.05) is 16.7 Å². The molecule has 0 aliphatic rings. The van der Waals surface area contributed by atoms with Crippen LogP contribution in [0.25, 0.3) is 5.65 Å². The van der Waals surface area contributed by atoms with Gasteiger partial charge in [0.1, 0.15) is 12.3 Å². The van der Waals surface area contributed by atoms with Crippen molar-refractivity contribution in [2.24, 2.45) is 0 Å². The van der Waals surface area contributed by atoms with Gasteiger partial charge < -0.3 is 4.74 Å². The lowest BCUT2D eigenvalue weighted by atomic mass is 10.2. The summed E-state index contributed by atoms with van der Waals surface area (Å²) in [5.41, 5.74) is 0.685. The van der Waals surface area contributed by atoms with E-state index in [1.165, 1.54) is 16.5 Å². The second kappa shape index (κ2) is 6.93. The van der Waals surface area contributed by atoms with Crippen molar-refractivity contribution in [2.45, 2.75) is 6.61 Å². The van der Waals surface area contributed by atoms with Gasteiger partial charge in [-0.2, -0.15) is 0 Å². The van der Waals surface area contributed by atoms with Crippen molar-refractivity contribution in [1.82, 2.24) is 9.38 Å². The Morgan fingerprint density at radius 2 is 2.04 bits per heavy atom. The van der Waals surface area contributed by atoms with Gasteiger partial charge in [-0.25, -0.2) is 9.78 Å². The minimum Gasteiger partial charge on any atom is -0.456 e. The van der Waals surface area contributed by atoms with Crippen LogP contribution in [-0.4, -0.2) is 15.4 Å². The largest absolute Gasteiger partial charge is 0.456 e. The molecule has 0 fully saturated rings. The summed E-state index contributed by atoms with van der Waals surface area (Å²) in [6.07, 6.45) is 1.62. The van der Waals surface area contributed by atoms with Crippen LogP contribution in [-0.2, 0) is 11.3 Å². The Morgan fingerprint density at radius 1 is 1.25 bits per heavy atom. The zero-order valence-electron chi connectivity index (χ0n) is 12.0.